The average Bonchev–Trinajstić information content (AvgIpc) is 2.70. The Morgan fingerprint density at radius 3 is 2.74 bits per heavy atom. The van der Waals surface area contributed by atoms with Gasteiger partial charge in [0, 0.05) is 16.6 Å². The lowest BCUT2D eigenvalue weighted by Crippen LogP contribution is -2.50. The molecule has 1 unspecified atom stereocenters. The number of para-hydroxylation sites is 1. The fourth-order valence-electron chi connectivity index (χ4n) is 2.98. The van der Waals surface area contributed by atoms with E-state index in [0.717, 1.165) is 11.2 Å². The molecule has 1 aliphatic heterocycles. The van der Waals surface area contributed by atoms with Gasteiger partial charge >= 0.3 is 0 Å². The minimum absolute atomic E-state index is 0.0117. The quantitative estimate of drug-likeness (QED) is 0.884. The molecule has 1 aromatic carbocycles. The number of aromatic amines is 1. The van der Waals surface area contributed by atoms with Crippen molar-refractivity contribution >= 4 is 10.9 Å². The molecule has 1 saturated heterocycles. The van der Waals surface area contributed by atoms with Crippen LogP contribution in [0.4, 0.5) is 0 Å². The molecule has 2 heterocycles. The van der Waals surface area contributed by atoms with E-state index < -0.39 is 5.41 Å². The van der Waals surface area contributed by atoms with Gasteiger partial charge in [-0.05, 0) is 25.6 Å². The first-order valence-corrected chi connectivity index (χ1v) is 6.45. The molecule has 1 atom stereocenters. The van der Waals surface area contributed by atoms with E-state index in [1.807, 2.05) is 19.2 Å². The predicted octanol–water partition coefficient (Wildman–Crippen LogP) is 2.28. The lowest BCUT2D eigenvalue weighted by molar-refractivity contribution is -0.0962. The Morgan fingerprint density at radius 1 is 1.42 bits per heavy atom. The van der Waals surface area contributed by atoms with Crippen LogP contribution in [0.2, 0.25) is 0 Å². The largest absolute Gasteiger partial charge is 0.378 e. The number of rotatable bonds is 3. The number of hydrogen-bond acceptors (Lipinski definition) is 3. The number of H-pyrrole nitrogens is 1. The van der Waals surface area contributed by atoms with Crippen LogP contribution in [0.25, 0.3) is 10.9 Å². The molecule has 1 aliphatic rings. The van der Waals surface area contributed by atoms with E-state index in [2.05, 4.69) is 35.4 Å². The lowest BCUT2D eigenvalue weighted by atomic mass is 9.75. The van der Waals surface area contributed by atoms with Crippen molar-refractivity contribution in [2.45, 2.75) is 13.0 Å². The Bertz CT molecular complexity index is 649. The zero-order valence-electron chi connectivity index (χ0n) is 11.2. The highest BCUT2D eigenvalue weighted by molar-refractivity contribution is 5.85. The van der Waals surface area contributed by atoms with Crippen LogP contribution >= 0.6 is 0 Å². The van der Waals surface area contributed by atoms with Crippen molar-refractivity contribution in [2.24, 2.45) is 5.41 Å². The molecule has 4 heteroatoms. The Balaban J connectivity index is 2.17. The first-order valence-electron chi connectivity index (χ1n) is 6.45. The summed E-state index contributed by atoms with van der Waals surface area (Å²) in [5.41, 5.74) is 2.96. The summed E-state index contributed by atoms with van der Waals surface area (Å²) in [5.74, 6) is 0. The molecule has 0 amide bonds. The zero-order valence-corrected chi connectivity index (χ0v) is 11.2. The number of nitrogens with zero attached hydrogens (tertiary/aromatic N) is 1. The fraction of sp³-hybridized carbons (Fsp3) is 0.400. The summed E-state index contributed by atoms with van der Waals surface area (Å²) in [6.07, 6.45) is 0. The van der Waals surface area contributed by atoms with Crippen molar-refractivity contribution in [1.29, 1.82) is 5.26 Å². The molecule has 0 radical (unpaired) electrons. The zero-order chi connectivity index (χ0) is 13.5. The standard InChI is InChI=1S/C15H17N3O/c1-10-13(11-5-3-4-6-12(11)18-10)14(17-2)15(7-16)8-19-9-15/h3-6,14,17-18H,8-9H2,1-2H3. The van der Waals surface area contributed by atoms with Gasteiger partial charge in [-0.25, -0.2) is 0 Å². The van der Waals surface area contributed by atoms with Crippen LogP contribution in [-0.4, -0.2) is 25.2 Å². The maximum absolute atomic E-state index is 9.52. The molecule has 2 N–H and O–H groups in total. The van der Waals surface area contributed by atoms with Gasteiger partial charge in [0.25, 0.3) is 0 Å². The van der Waals surface area contributed by atoms with Gasteiger partial charge in [0.05, 0.1) is 25.3 Å². The van der Waals surface area contributed by atoms with Crippen molar-refractivity contribution < 1.29 is 4.74 Å². The Kier molecular flexibility index (Phi) is 2.81. The third-order valence-electron chi connectivity index (χ3n) is 4.02. The van der Waals surface area contributed by atoms with Crippen molar-refractivity contribution in [2.75, 3.05) is 20.3 Å². The van der Waals surface area contributed by atoms with Gasteiger partial charge in [0.2, 0.25) is 0 Å². The van der Waals surface area contributed by atoms with Gasteiger partial charge in [-0.3, -0.25) is 0 Å². The average molecular weight is 255 g/mol. The van der Waals surface area contributed by atoms with Crippen molar-refractivity contribution in [3.63, 3.8) is 0 Å². The van der Waals surface area contributed by atoms with E-state index in [4.69, 9.17) is 4.74 Å². The van der Waals surface area contributed by atoms with E-state index in [1.165, 1.54) is 10.9 Å². The highest BCUT2D eigenvalue weighted by Crippen LogP contribution is 2.43. The summed E-state index contributed by atoms with van der Waals surface area (Å²) in [5, 5.41) is 14.0. The molecule has 4 nitrogen and oxygen atoms in total. The third kappa shape index (κ3) is 1.66. The molecule has 0 bridgehead atoms. The summed E-state index contributed by atoms with van der Waals surface area (Å²) in [4.78, 5) is 3.40. The molecule has 1 fully saturated rings. The van der Waals surface area contributed by atoms with Crippen LogP contribution in [0, 0.1) is 23.7 Å². The summed E-state index contributed by atoms with van der Waals surface area (Å²) >= 11 is 0. The predicted molar refractivity (Wildman–Crippen MR) is 73.7 cm³/mol. The number of aryl methyl sites for hydroxylation is 1. The monoisotopic (exact) mass is 255 g/mol. The lowest BCUT2D eigenvalue weighted by Gasteiger charge is -2.41. The van der Waals surface area contributed by atoms with Crippen molar-refractivity contribution in [1.82, 2.24) is 10.3 Å². The van der Waals surface area contributed by atoms with Gasteiger partial charge < -0.3 is 15.0 Å². The number of aromatic nitrogens is 1. The summed E-state index contributed by atoms with van der Waals surface area (Å²) in [7, 11) is 1.91. The minimum atomic E-state index is -0.454. The summed E-state index contributed by atoms with van der Waals surface area (Å²) in [6.45, 7) is 3.05. The Labute approximate surface area is 112 Å². The maximum Gasteiger partial charge on any atom is 0.123 e. The Morgan fingerprint density at radius 2 is 2.16 bits per heavy atom. The van der Waals surface area contributed by atoms with E-state index in [9.17, 15) is 5.26 Å². The highest BCUT2D eigenvalue weighted by Gasteiger charge is 2.47. The molecular formula is C15H17N3O. The number of benzene rings is 1. The number of hydrogen-bond donors (Lipinski definition) is 2. The second kappa shape index (κ2) is 4.37. The number of nitrogens with one attached hydrogen (secondary N) is 2. The number of ether oxygens (including phenoxy) is 1. The number of nitriles is 1. The van der Waals surface area contributed by atoms with Gasteiger partial charge in [-0.15, -0.1) is 0 Å². The topological polar surface area (TPSA) is 60.8 Å². The molecule has 0 spiro atoms. The normalized spacial score (nSPS) is 18.8. The molecule has 0 saturated carbocycles. The van der Waals surface area contributed by atoms with Crippen LogP contribution in [-0.2, 0) is 4.74 Å². The highest BCUT2D eigenvalue weighted by atomic mass is 16.5. The molecule has 3 rings (SSSR count). The molecule has 0 aliphatic carbocycles. The van der Waals surface area contributed by atoms with Gasteiger partial charge in [-0.1, -0.05) is 18.2 Å². The SMILES string of the molecule is CNC(c1c(C)[nH]c2ccccc12)C1(C#N)COC1. The van der Waals surface area contributed by atoms with Crippen LogP contribution in [0.15, 0.2) is 24.3 Å². The van der Waals surface area contributed by atoms with Gasteiger partial charge in [-0.2, -0.15) is 5.26 Å². The fourth-order valence-corrected chi connectivity index (χ4v) is 2.98. The van der Waals surface area contributed by atoms with Crippen LogP contribution in [0.3, 0.4) is 0 Å². The van der Waals surface area contributed by atoms with E-state index >= 15 is 0 Å². The summed E-state index contributed by atoms with van der Waals surface area (Å²) < 4.78 is 5.29. The van der Waals surface area contributed by atoms with Crippen LogP contribution in [0.5, 0.6) is 0 Å². The first-order chi connectivity index (χ1) is 9.22. The van der Waals surface area contributed by atoms with Crippen molar-refractivity contribution in [3.8, 4) is 6.07 Å². The second-order valence-corrected chi connectivity index (χ2v) is 5.19. The van der Waals surface area contributed by atoms with Gasteiger partial charge in [0.15, 0.2) is 0 Å². The van der Waals surface area contributed by atoms with E-state index in [1.54, 1.807) is 0 Å². The van der Waals surface area contributed by atoms with Crippen LogP contribution in [0.1, 0.15) is 17.3 Å². The van der Waals surface area contributed by atoms with Crippen molar-refractivity contribution in [3.05, 3.63) is 35.5 Å². The van der Waals surface area contributed by atoms with E-state index in [0.29, 0.717) is 13.2 Å². The smallest absolute Gasteiger partial charge is 0.123 e. The first kappa shape index (κ1) is 12.2. The van der Waals surface area contributed by atoms with Gasteiger partial charge in [0.1, 0.15) is 5.41 Å². The maximum atomic E-state index is 9.52. The van der Waals surface area contributed by atoms with E-state index in [-0.39, 0.29) is 6.04 Å². The molecular weight excluding hydrogens is 238 g/mol. The molecule has 98 valence electrons. The van der Waals surface area contributed by atoms with Crippen LogP contribution < -0.4 is 5.32 Å². The molecule has 2 aromatic rings. The molecule has 19 heavy (non-hydrogen) atoms. The number of fused-ring (bicyclic) bond motifs is 1. The summed E-state index contributed by atoms with van der Waals surface area (Å²) in [6, 6.07) is 10.6. The second-order valence-electron chi connectivity index (χ2n) is 5.19. The minimum Gasteiger partial charge on any atom is -0.378 e. The molecule has 1 aromatic heterocycles. The Hall–Kier alpha value is -1.83. The third-order valence-corrected chi connectivity index (χ3v) is 4.02.